The largest absolute Gasteiger partial charge is 0.481 e. The summed E-state index contributed by atoms with van der Waals surface area (Å²) in [5, 5.41) is 33.3. The first-order valence-corrected chi connectivity index (χ1v) is 10.5. The molecular formula is C21H27N5O10. The van der Waals surface area contributed by atoms with Crippen LogP contribution in [-0.2, 0) is 40.0 Å². The molecule has 0 bridgehead atoms. The Morgan fingerprint density at radius 1 is 0.694 bits per heavy atom. The van der Waals surface area contributed by atoms with Crippen LogP contribution in [0.5, 0.6) is 0 Å². The third-order valence-corrected chi connectivity index (χ3v) is 4.68. The molecule has 10 N–H and O–H groups in total. The van der Waals surface area contributed by atoms with Crippen molar-refractivity contribution in [3.8, 4) is 0 Å². The van der Waals surface area contributed by atoms with Gasteiger partial charge in [0.25, 0.3) is 0 Å². The van der Waals surface area contributed by atoms with Crippen molar-refractivity contribution in [2.24, 2.45) is 11.5 Å². The zero-order valence-electron chi connectivity index (χ0n) is 18.9. The molecule has 4 unspecified atom stereocenters. The molecule has 0 fully saturated rings. The minimum absolute atomic E-state index is 0.0641. The van der Waals surface area contributed by atoms with E-state index in [9.17, 15) is 33.6 Å². The summed E-state index contributed by atoms with van der Waals surface area (Å²) in [6, 6.07) is 1.97. The number of carbonyl (C=O) groups excluding carboxylic acids is 4. The average molecular weight is 509 g/mol. The first kappa shape index (κ1) is 29.5. The number of nitrogens with two attached hydrogens (primary N) is 2. The fourth-order valence-corrected chi connectivity index (χ4v) is 2.95. The second-order valence-corrected chi connectivity index (χ2v) is 7.68. The molecule has 0 aromatic heterocycles. The summed E-state index contributed by atoms with van der Waals surface area (Å²) >= 11 is 0. The van der Waals surface area contributed by atoms with Gasteiger partial charge in [0.05, 0.1) is 25.3 Å². The quantitative estimate of drug-likeness (QED) is 0.117. The Hall–Kier alpha value is -4.53. The van der Waals surface area contributed by atoms with E-state index in [1.165, 1.54) is 0 Å². The Labute approximate surface area is 204 Å². The van der Waals surface area contributed by atoms with E-state index in [0.29, 0.717) is 5.56 Å². The van der Waals surface area contributed by atoms with Crippen molar-refractivity contribution in [3.05, 3.63) is 35.9 Å². The average Bonchev–Trinajstić information content (AvgIpc) is 2.77. The van der Waals surface area contributed by atoms with Crippen LogP contribution in [-0.4, -0.2) is 81.0 Å². The van der Waals surface area contributed by atoms with Gasteiger partial charge in [0, 0.05) is 0 Å². The minimum Gasteiger partial charge on any atom is -0.481 e. The van der Waals surface area contributed by atoms with Crippen molar-refractivity contribution < 1.29 is 48.9 Å². The van der Waals surface area contributed by atoms with E-state index < -0.39 is 85.0 Å². The second kappa shape index (κ2) is 14.0. The number of nitrogens with one attached hydrogen (secondary N) is 3. The smallest absolute Gasteiger partial charge is 0.326 e. The van der Waals surface area contributed by atoms with Gasteiger partial charge in [-0.2, -0.15) is 0 Å². The topological polar surface area (TPSA) is 268 Å². The Morgan fingerprint density at radius 2 is 1.14 bits per heavy atom. The van der Waals surface area contributed by atoms with Crippen molar-refractivity contribution in [1.82, 2.24) is 16.0 Å². The van der Waals surface area contributed by atoms with Crippen LogP contribution in [0, 0.1) is 0 Å². The number of hydrogen-bond acceptors (Lipinski definition) is 8. The van der Waals surface area contributed by atoms with Crippen LogP contribution in [0.4, 0.5) is 0 Å². The van der Waals surface area contributed by atoms with E-state index in [-0.39, 0.29) is 6.42 Å². The molecule has 1 aromatic carbocycles. The summed E-state index contributed by atoms with van der Waals surface area (Å²) in [5.74, 6) is -9.20. The third kappa shape index (κ3) is 10.6. The fourth-order valence-electron chi connectivity index (χ4n) is 2.95. The molecule has 4 amide bonds. The summed E-state index contributed by atoms with van der Waals surface area (Å²) in [6.45, 7) is 0. The predicted octanol–water partition coefficient (Wildman–Crippen LogP) is -3.08. The predicted molar refractivity (Wildman–Crippen MR) is 120 cm³/mol. The van der Waals surface area contributed by atoms with Crippen molar-refractivity contribution in [3.63, 3.8) is 0 Å². The van der Waals surface area contributed by atoms with Crippen LogP contribution in [0.1, 0.15) is 24.8 Å². The number of carboxylic acids is 3. The fraction of sp³-hybridized carbons (Fsp3) is 0.381. The maximum absolute atomic E-state index is 12.7. The van der Waals surface area contributed by atoms with Gasteiger partial charge in [0.15, 0.2) is 0 Å². The van der Waals surface area contributed by atoms with Gasteiger partial charge in [0.1, 0.15) is 18.1 Å². The molecule has 0 spiro atoms. The molecule has 1 rings (SSSR count). The maximum atomic E-state index is 12.7. The maximum Gasteiger partial charge on any atom is 0.326 e. The van der Waals surface area contributed by atoms with Crippen LogP contribution in [0.3, 0.4) is 0 Å². The summed E-state index contributed by atoms with van der Waals surface area (Å²) < 4.78 is 0. The second-order valence-electron chi connectivity index (χ2n) is 7.68. The Balaban J connectivity index is 2.99. The summed E-state index contributed by atoms with van der Waals surface area (Å²) in [7, 11) is 0. The lowest BCUT2D eigenvalue weighted by Gasteiger charge is -2.23. The van der Waals surface area contributed by atoms with Gasteiger partial charge in [-0.1, -0.05) is 30.3 Å². The zero-order chi connectivity index (χ0) is 27.4. The zero-order valence-corrected chi connectivity index (χ0v) is 18.9. The molecule has 0 radical (unpaired) electrons. The highest BCUT2D eigenvalue weighted by molar-refractivity contribution is 5.97. The van der Waals surface area contributed by atoms with Gasteiger partial charge >= 0.3 is 17.9 Å². The molecule has 15 heteroatoms. The van der Waals surface area contributed by atoms with Crippen molar-refractivity contribution in [2.75, 3.05) is 0 Å². The van der Waals surface area contributed by atoms with Gasteiger partial charge in [0.2, 0.25) is 23.6 Å². The third-order valence-electron chi connectivity index (χ3n) is 4.68. The molecule has 0 aliphatic rings. The molecule has 4 atom stereocenters. The lowest BCUT2D eigenvalue weighted by atomic mass is 10.0. The van der Waals surface area contributed by atoms with Crippen LogP contribution < -0.4 is 27.4 Å². The van der Waals surface area contributed by atoms with E-state index in [2.05, 4.69) is 5.32 Å². The van der Waals surface area contributed by atoms with Crippen LogP contribution in [0.25, 0.3) is 0 Å². The van der Waals surface area contributed by atoms with E-state index >= 15 is 0 Å². The molecule has 196 valence electrons. The summed E-state index contributed by atoms with van der Waals surface area (Å²) in [4.78, 5) is 82.3. The van der Waals surface area contributed by atoms with Crippen molar-refractivity contribution in [2.45, 2.75) is 49.9 Å². The number of rotatable bonds is 15. The number of hydrogen-bond donors (Lipinski definition) is 8. The SMILES string of the molecule is NC(=O)CC(NC(=O)C(CC(=O)O)NC(=O)C(CC(=O)O)NC(=O)C(N)Cc1ccccc1)C(=O)O. The van der Waals surface area contributed by atoms with Crippen molar-refractivity contribution in [1.29, 1.82) is 0 Å². The molecule has 36 heavy (non-hydrogen) atoms. The Morgan fingerprint density at radius 3 is 1.56 bits per heavy atom. The first-order valence-electron chi connectivity index (χ1n) is 10.5. The van der Waals surface area contributed by atoms with E-state index in [1.54, 1.807) is 30.3 Å². The van der Waals surface area contributed by atoms with Gasteiger partial charge in [-0.05, 0) is 12.0 Å². The highest BCUT2D eigenvalue weighted by atomic mass is 16.4. The van der Waals surface area contributed by atoms with E-state index in [0.717, 1.165) is 0 Å². The molecular weight excluding hydrogens is 482 g/mol. The summed E-state index contributed by atoms with van der Waals surface area (Å²) in [5.41, 5.74) is 11.5. The molecule has 0 saturated carbocycles. The van der Waals surface area contributed by atoms with Crippen molar-refractivity contribution >= 4 is 41.5 Å². The number of benzene rings is 1. The number of amides is 4. The van der Waals surface area contributed by atoms with Gasteiger partial charge in [-0.25, -0.2) is 4.79 Å². The number of primary amides is 1. The molecule has 0 aliphatic carbocycles. The monoisotopic (exact) mass is 509 g/mol. The minimum atomic E-state index is -1.88. The molecule has 1 aromatic rings. The highest BCUT2D eigenvalue weighted by Crippen LogP contribution is 2.04. The van der Waals surface area contributed by atoms with Gasteiger partial charge in [-0.3, -0.25) is 28.8 Å². The molecule has 15 nitrogen and oxygen atoms in total. The standard InChI is InChI=1S/C21H27N5O10/c22-11(6-10-4-2-1-3-5-10)18(32)24-12(8-16(28)29)19(33)25-13(9-17(30)31)20(34)26-14(21(35)36)7-15(23)27/h1-5,11-14H,6-9,22H2,(H2,23,27)(H,24,32)(H,25,33)(H,26,34)(H,28,29)(H,30,31)(H,35,36). The van der Waals surface area contributed by atoms with Gasteiger partial charge in [-0.15, -0.1) is 0 Å². The van der Waals surface area contributed by atoms with Crippen LogP contribution >= 0.6 is 0 Å². The van der Waals surface area contributed by atoms with Gasteiger partial charge < -0.3 is 42.7 Å². The van der Waals surface area contributed by atoms with E-state index in [4.69, 9.17) is 26.8 Å². The molecule has 0 aliphatic heterocycles. The Bertz CT molecular complexity index is 1000. The van der Waals surface area contributed by atoms with E-state index in [1.807, 2.05) is 10.6 Å². The lowest BCUT2D eigenvalue weighted by molar-refractivity contribution is -0.145. The Kier molecular flexibility index (Phi) is 11.5. The molecule has 0 heterocycles. The first-order chi connectivity index (χ1) is 16.8. The van der Waals surface area contributed by atoms with Crippen LogP contribution in [0.15, 0.2) is 30.3 Å². The lowest BCUT2D eigenvalue weighted by Crippen LogP contribution is -2.58. The number of carboxylic acid groups (broad SMARTS) is 3. The normalized spacial score (nSPS) is 13.8. The number of aliphatic carboxylic acids is 3. The summed E-state index contributed by atoms with van der Waals surface area (Å²) in [6.07, 6.45) is -2.71. The van der Waals surface area contributed by atoms with Crippen LogP contribution in [0.2, 0.25) is 0 Å². The number of carbonyl (C=O) groups is 7. The molecule has 0 saturated heterocycles. The highest BCUT2D eigenvalue weighted by Gasteiger charge is 2.33.